The first-order valence-electron chi connectivity index (χ1n) is 5.73. The first-order chi connectivity index (χ1) is 10.0. The van der Waals surface area contributed by atoms with Crippen molar-refractivity contribution in [1.82, 2.24) is 0 Å². The van der Waals surface area contributed by atoms with Crippen LogP contribution in [-0.2, 0) is 0 Å². The highest BCUT2D eigenvalue weighted by atomic mass is 16.7. The molecule has 2 rings (SSSR count). The van der Waals surface area contributed by atoms with Crippen LogP contribution in [0.4, 0.5) is 9.59 Å². The van der Waals surface area contributed by atoms with Gasteiger partial charge in [-0.3, -0.25) is 0 Å². The highest BCUT2D eigenvalue weighted by Gasteiger charge is 2.09. The second-order valence-electron chi connectivity index (χ2n) is 3.76. The normalized spacial score (nSPS) is 9.71. The minimum atomic E-state index is -1.45. The number of hydrogen-bond acceptors (Lipinski definition) is 5. The topological polar surface area (TPSA) is 102 Å². The van der Waals surface area contributed by atoms with Crippen LogP contribution >= 0.6 is 0 Å². The van der Waals surface area contributed by atoms with Gasteiger partial charge < -0.3 is 24.4 Å². The highest BCUT2D eigenvalue weighted by molar-refractivity contribution is 5.63. The van der Waals surface area contributed by atoms with Gasteiger partial charge in [-0.25, -0.2) is 9.59 Å². The molecule has 7 heteroatoms. The van der Waals surface area contributed by atoms with Gasteiger partial charge in [-0.1, -0.05) is 12.1 Å². The van der Waals surface area contributed by atoms with Gasteiger partial charge in [-0.05, 0) is 36.4 Å². The lowest BCUT2D eigenvalue weighted by Gasteiger charge is -2.10. The Morgan fingerprint density at radius 2 is 1.24 bits per heavy atom. The predicted octanol–water partition coefficient (Wildman–Crippen LogP) is 3.59. The fraction of sp³-hybridized carbons (Fsp3) is 0. The molecule has 0 saturated heterocycles. The van der Waals surface area contributed by atoms with Gasteiger partial charge in [0.25, 0.3) is 0 Å². The Kier molecular flexibility index (Phi) is 4.25. The zero-order valence-corrected chi connectivity index (χ0v) is 10.6. The summed E-state index contributed by atoms with van der Waals surface area (Å²) in [5, 5.41) is 17.1. The summed E-state index contributed by atoms with van der Waals surface area (Å²) in [4.78, 5) is 20.9. The maximum atomic E-state index is 10.6. The summed E-state index contributed by atoms with van der Waals surface area (Å²) >= 11 is 0. The van der Waals surface area contributed by atoms with E-state index in [1.165, 1.54) is 30.3 Å². The predicted molar refractivity (Wildman–Crippen MR) is 70.3 cm³/mol. The standard InChI is InChI=1S/C14H10O7/c15-13(16)20-10-7-5-9(6-8-10)19-11-3-1-2-4-12(11)21-14(17)18/h1-8H,(H,15,16)(H,17,18). The van der Waals surface area contributed by atoms with Crippen LogP contribution in [0.25, 0.3) is 0 Å². The van der Waals surface area contributed by atoms with Crippen molar-refractivity contribution >= 4 is 12.3 Å². The molecule has 0 unspecified atom stereocenters. The number of para-hydroxylation sites is 2. The molecule has 0 aliphatic heterocycles. The van der Waals surface area contributed by atoms with Gasteiger partial charge in [0.2, 0.25) is 0 Å². The molecule has 0 spiro atoms. The maximum absolute atomic E-state index is 10.6. The lowest BCUT2D eigenvalue weighted by atomic mass is 10.3. The van der Waals surface area contributed by atoms with E-state index in [1.807, 2.05) is 0 Å². The Labute approximate surface area is 118 Å². The molecule has 7 nitrogen and oxygen atoms in total. The maximum Gasteiger partial charge on any atom is 0.511 e. The number of carbonyl (C=O) groups is 2. The molecule has 0 amide bonds. The van der Waals surface area contributed by atoms with Crippen LogP contribution in [0.1, 0.15) is 0 Å². The Balaban J connectivity index is 2.14. The molecule has 0 bridgehead atoms. The molecular weight excluding hydrogens is 280 g/mol. The largest absolute Gasteiger partial charge is 0.511 e. The molecule has 2 N–H and O–H groups in total. The number of carboxylic acid groups (broad SMARTS) is 2. The van der Waals surface area contributed by atoms with Crippen LogP contribution in [-0.4, -0.2) is 22.5 Å². The van der Waals surface area contributed by atoms with Crippen molar-refractivity contribution < 1.29 is 34.0 Å². The molecule has 2 aromatic carbocycles. The molecule has 0 aliphatic carbocycles. The van der Waals surface area contributed by atoms with Gasteiger partial charge in [0, 0.05) is 0 Å². The lowest BCUT2D eigenvalue weighted by Crippen LogP contribution is -2.04. The summed E-state index contributed by atoms with van der Waals surface area (Å²) < 4.78 is 14.5. The smallest absolute Gasteiger partial charge is 0.453 e. The zero-order chi connectivity index (χ0) is 15.2. The van der Waals surface area contributed by atoms with Crippen LogP contribution in [0.3, 0.4) is 0 Å². The van der Waals surface area contributed by atoms with Gasteiger partial charge >= 0.3 is 12.3 Å². The fourth-order valence-corrected chi connectivity index (χ4v) is 1.52. The summed E-state index contributed by atoms with van der Waals surface area (Å²) in [6.07, 6.45) is -2.86. The first kappa shape index (κ1) is 14.2. The van der Waals surface area contributed by atoms with Crippen molar-refractivity contribution in [3.05, 3.63) is 48.5 Å². The third-order valence-electron chi connectivity index (χ3n) is 2.30. The first-order valence-corrected chi connectivity index (χ1v) is 5.73. The molecule has 0 radical (unpaired) electrons. The van der Waals surface area contributed by atoms with Crippen molar-refractivity contribution in [3.8, 4) is 23.0 Å². The quantitative estimate of drug-likeness (QED) is 0.655. The van der Waals surface area contributed by atoms with E-state index in [2.05, 4.69) is 9.47 Å². The van der Waals surface area contributed by atoms with E-state index in [1.54, 1.807) is 18.2 Å². The minimum Gasteiger partial charge on any atom is -0.453 e. The van der Waals surface area contributed by atoms with Crippen molar-refractivity contribution in [2.24, 2.45) is 0 Å². The minimum absolute atomic E-state index is 0.0517. The number of hydrogen-bond donors (Lipinski definition) is 2. The molecule has 0 fully saturated rings. The Bertz CT molecular complexity index is 649. The lowest BCUT2D eigenvalue weighted by molar-refractivity contribution is 0.142. The molecule has 0 saturated carbocycles. The fourth-order valence-electron chi connectivity index (χ4n) is 1.52. The summed E-state index contributed by atoms with van der Waals surface area (Å²) in [6, 6.07) is 12.0. The van der Waals surface area contributed by atoms with Crippen LogP contribution in [0, 0.1) is 0 Å². The molecule has 0 heterocycles. The van der Waals surface area contributed by atoms with E-state index < -0.39 is 12.3 Å². The SMILES string of the molecule is O=C(O)Oc1ccc(Oc2ccccc2OC(=O)O)cc1. The monoisotopic (exact) mass is 290 g/mol. The van der Waals surface area contributed by atoms with Gasteiger partial charge in [0.1, 0.15) is 11.5 Å². The highest BCUT2D eigenvalue weighted by Crippen LogP contribution is 2.32. The van der Waals surface area contributed by atoms with E-state index in [0.717, 1.165) is 0 Å². The van der Waals surface area contributed by atoms with Gasteiger partial charge in [-0.2, -0.15) is 0 Å². The molecule has 108 valence electrons. The van der Waals surface area contributed by atoms with Crippen molar-refractivity contribution in [2.45, 2.75) is 0 Å². The van der Waals surface area contributed by atoms with Crippen molar-refractivity contribution in [1.29, 1.82) is 0 Å². The second kappa shape index (κ2) is 6.29. The van der Waals surface area contributed by atoms with Gasteiger partial charge in [0.05, 0.1) is 0 Å². The molecule has 0 aliphatic rings. The summed E-state index contributed by atoms with van der Waals surface area (Å²) in [5.74, 6) is 0.779. The third kappa shape index (κ3) is 4.13. The van der Waals surface area contributed by atoms with Crippen molar-refractivity contribution in [2.75, 3.05) is 0 Å². The Morgan fingerprint density at radius 1 is 0.714 bits per heavy atom. The number of ether oxygens (including phenoxy) is 3. The Morgan fingerprint density at radius 3 is 1.81 bits per heavy atom. The van der Waals surface area contributed by atoms with Crippen LogP contribution in [0.2, 0.25) is 0 Å². The average Bonchev–Trinajstić information content (AvgIpc) is 2.42. The summed E-state index contributed by atoms with van der Waals surface area (Å²) in [7, 11) is 0. The second-order valence-corrected chi connectivity index (χ2v) is 3.76. The van der Waals surface area contributed by atoms with Crippen molar-refractivity contribution in [3.63, 3.8) is 0 Å². The third-order valence-corrected chi connectivity index (χ3v) is 2.30. The summed E-state index contributed by atoms with van der Waals surface area (Å²) in [5.41, 5.74) is 0. The summed E-state index contributed by atoms with van der Waals surface area (Å²) in [6.45, 7) is 0. The average molecular weight is 290 g/mol. The Hall–Kier alpha value is -3.22. The van der Waals surface area contributed by atoms with Crippen LogP contribution < -0.4 is 14.2 Å². The van der Waals surface area contributed by atoms with E-state index >= 15 is 0 Å². The van der Waals surface area contributed by atoms with E-state index in [0.29, 0.717) is 5.75 Å². The molecule has 21 heavy (non-hydrogen) atoms. The molecule has 0 atom stereocenters. The van der Waals surface area contributed by atoms with Crippen LogP contribution in [0.15, 0.2) is 48.5 Å². The number of benzene rings is 2. The number of rotatable bonds is 4. The molecular formula is C14H10O7. The van der Waals surface area contributed by atoms with Gasteiger partial charge in [0.15, 0.2) is 11.5 Å². The van der Waals surface area contributed by atoms with E-state index in [9.17, 15) is 9.59 Å². The van der Waals surface area contributed by atoms with Crippen LogP contribution in [0.5, 0.6) is 23.0 Å². The molecule has 0 aromatic heterocycles. The van der Waals surface area contributed by atoms with Gasteiger partial charge in [-0.15, -0.1) is 0 Å². The zero-order valence-electron chi connectivity index (χ0n) is 10.6. The van der Waals surface area contributed by atoms with E-state index in [4.69, 9.17) is 14.9 Å². The van der Waals surface area contributed by atoms with E-state index in [-0.39, 0.29) is 17.2 Å². The molecule has 2 aromatic rings.